The summed E-state index contributed by atoms with van der Waals surface area (Å²) in [5, 5.41) is 3.06. The van der Waals surface area contributed by atoms with Gasteiger partial charge in [-0.25, -0.2) is 8.42 Å². The Morgan fingerprint density at radius 1 is 1.19 bits per heavy atom. The molecule has 1 aliphatic heterocycles. The number of carbonyl (C=O) groups is 2. The number of anilines is 1. The second-order valence-electron chi connectivity index (χ2n) is 7.60. The van der Waals surface area contributed by atoms with Crippen LogP contribution in [0.5, 0.6) is 5.75 Å². The van der Waals surface area contributed by atoms with E-state index in [1.165, 1.54) is 13.2 Å². The zero-order valence-corrected chi connectivity index (χ0v) is 19.6. The Morgan fingerprint density at radius 3 is 2.47 bits per heavy atom. The molecule has 0 spiro atoms. The van der Waals surface area contributed by atoms with Gasteiger partial charge in [-0.05, 0) is 35.7 Å². The molecule has 172 valence electrons. The fraction of sp³-hybridized carbons (Fsp3) is 0.364. The Morgan fingerprint density at radius 2 is 1.88 bits per heavy atom. The van der Waals surface area contributed by atoms with Crippen LogP contribution in [0.2, 0.25) is 5.02 Å². The van der Waals surface area contributed by atoms with E-state index in [-0.39, 0.29) is 18.1 Å². The number of ether oxygens (including phenoxy) is 1. The first-order valence-electron chi connectivity index (χ1n) is 10.1. The van der Waals surface area contributed by atoms with Crippen LogP contribution in [0.4, 0.5) is 5.69 Å². The predicted octanol–water partition coefficient (Wildman–Crippen LogP) is 2.55. The summed E-state index contributed by atoms with van der Waals surface area (Å²) in [4.78, 5) is 26.1. The maximum absolute atomic E-state index is 12.5. The van der Waals surface area contributed by atoms with E-state index in [2.05, 4.69) is 5.32 Å². The van der Waals surface area contributed by atoms with Crippen molar-refractivity contribution in [2.24, 2.45) is 0 Å². The second kappa shape index (κ2) is 10.2. The summed E-state index contributed by atoms with van der Waals surface area (Å²) in [5.41, 5.74) is 2.08. The third kappa shape index (κ3) is 6.14. The Balaban J connectivity index is 1.62. The molecule has 1 heterocycles. The van der Waals surface area contributed by atoms with Crippen LogP contribution in [0, 0.1) is 0 Å². The molecule has 32 heavy (non-hydrogen) atoms. The van der Waals surface area contributed by atoms with E-state index in [0.717, 1.165) is 34.7 Å². The fourth-order valence-corrected chi connectivity index (χ4v) is 4.50. The minimum Gasteiger partial charge on any atom is -0.495 e. The number of rotatable bonds is 9. The normalized spacial score (nSPS) is 13.8. The molecule has 0 saturated carbocycles. The van der Waals surface area contributed by atoms with Crippen molar-refractivity contribution in [1.29, 1.82) is 0 Å². The minimum absolute atomic E-state index is 0.174. The lowest BCUT2D eigenvalue weighted by Gasteiger charge is -2.24. The highest BCUT2D eigenvalue weighted by Crippen LogP contribution is 2.32. The first kappa shape index (κ1) is 23.9. The van der Waals surface area contributed by atoms with Gasteiger partial charge in [0.2, 0.25) is 21.8 Å². The Kier molecular flexibility index (Phi) is 7.63. The SMILES string of the molecule is COc1ccc(Cl)cc1N(CC(=O)NCc1ccc(CN2CCCC2=O)cc1)S(C)(=O)=O. The lowest BCUT2D eigenvalue weighted by Crippen LogP contribution is -2.40. The van der Waals surface area contributed by atoms with E-state index in [4.69, 9.17) is 16.3 Å². The molecular weight excluding hydrogens is 454 g/mol. The number of carbonyl (C=O) groups excluding carboxylic acids is 2. The van der Waals surface area contributed by atoms with Gasteiger partial charge >= 0.3 is 0 Å². The minimum atomic E-state index is -3.77. The maximum Gasteiger partial charge on any atom is 0.241 e. The molecule has 1 N–H and O–H groups in total. The van der Waals surface area contributed by atoms with Crippen LogP contribution in [0.3, 0.4) is 0 Å². The molecule has 1 aliphatic rings. The first-order chi connectivity index (χ1) is 15.2. The zero-order chi connectivity index (χ0) is 23.3. The van der Waals surface area contributed by atoms with Crippen molar-refractivity contribution in [1.82, 2.24) is 10.2 Å². The van der Waals surface area contributed by atoms with E-state index in [1.54, 1.807) is 12.1 Å². The Hall–Kier alpha value is -2.78. The van der Waals surface area contributed by atoms with E-state index in [1.807, 2.05) is 29.2 Å². The van der Waals surface area contributed by atoms with Crippen LogP contribution in [0.25, 0.3) is 0 Å². The Bertz CT molecular complexity index is 1090. The van der Waals surface area contributed by atoms with Gasteiger partial charge in [0.15, 0.2) is 0 Å². The van der Waals surface area contributed by atoms with Gasteiger partial charge in [-0.3, -0.25) is 13.9 Å². The standard InChI is InChI=1S/C22H26ClN3O5S/c1-31-20-10-9-18(23)12-19(20)26(32(2,29)30)15-21(27)24-13-16-5-7-17(8-6-16)14-25-11-3-4-22(25)28/h5-10,12H,3-4,11,13-15H2,1-2H3,(H,24,27). The molecule has 0 atom stereocenters. The molecule has 10 heteroatoms. The van der Waals surface area contributed by atoms with Crippen molar-refractivity contribution in [3.63, 3.8) is 0 Å². The number of amides is 2. The maximum atomic E-state index is 12.5. The van der Waals surface area contributed by atoms with Gasteiger partial charge in [0.1, 0.15) is 12.3 Å². The quantitative estimate of drug-likeness (QED) is 0.596. The summed E-state index contributed by atoms with van der Waals surface area (Å²) in [6, 6.07) is 12.2. The molecule has 8 nitrogen and oxygen atoms in total. The average molecular weight is 480 g/mol. The fourth-order valence-electron chi connectivity index (χ4n) is 3.48. The van der Waals surface area contributed by atoms with Crippen LogP contribution >= 0.6 is 11.6 Å². The molecule has 0 bridgehead atoms. The molecule has 2 aromatic rings. The van der Waals surface area contributed by atoms with E-state index >= 15 is 0 Å². The smallest absolute Gasteiger partial charge is 0.241 e. The van der Waals surface area contributed by atoms with Crippen molar-refractivity contribution < 1.29 is 22.7 Å². The van der Waals surface area contributed by atoms with Gasteiger partial charge in [-0.2, -0.15) is 0 Å². The number of methoxy groups -OCH3 is 1. The third-order valence-electron chi connectivity index (χ3n) is 5.15. The van der Waals surface area contributed by atoms with Crippen molar-refractivity contribution >= 4 is 39.1 Å². The molecule has 2 amide bonds. The van der Waals surface area contributed by atoms with Gasteiger partial charge < -0.3 is 15.0 Å². The number of halogens is 1. The summed E-state index contributed by atoms with van der Waals surface area (Å²) >= 11 is 6.02. The number of sulfonamides is 1. The van der Waals surface area contributed by atoms with Crippen molar-refractivity contribution in [2.75, 3.05) is 30.8 Å². The molecule has 0 aromatic heterocycles. The number of benzene rings is 2. The Labute approximate surface area is 193 Å². The number of nitrogens with one attached hydrogen (secondary N) is 1. The zero-order valence-electron chi connectivity index (χ0n) is 18.0. The summed E-state index contributed by atoms with van der Waals surface area (Å²) in [5.74, 6) is -0.00278. The van der Waals surface area contributed by atoms with Crippen molar-refractivity contribution in [3.05, 3.63) is 58.6 Å². The average Bonchev–Trinajstić information content (AvgIpc) is 3.15. The molecule has 0 aliphatic carbocycles. The highest BCUT2D eigenvalue weighted by molar-refractivity contribution is 7.92. The number of hydrogen-bond acceptors (Lipinski definition) is 5. The van der Waals surface area contributed by atoms with Gasteiger partial charge in [0.25, 0.3) is 0 Å². The van der Waals surface area contributed by atoms with Crippen LogP contribution < -0.4 is 14.4 Å². The predicted molar refractivity (Wildman–Crippen MR) is 123 cm³/mol. The van der Waals surface area contributed by atoms with Gasteiger partial charge in [0, 0.05) is 31.1 Å². The molecule has 0 unspecified atom stereocenters. The van der Waals surface area contributed by atoms with E-state index < -0.39 is 22.5 Å². The monoisotopic (exact) mass is 479 g/mol. The third-order valence-corrected chi connectivity index (χ3v) is 6.52. The van der Waals surface area contributed by atoms with Gasteiger partial charge in [-0.1, -0.05) is 35.9 Å². The van der Waals surface area contributed by atoms with Crippen LogP contribution in [-0.2, 0) is 32.7 Å². The summed E-state index contributed by atoms with van der Waals surface area (Å²) < 4.78 is 30.9. The second-order valence-corrected chi connectivity index (χ2v) is 9.94. The van der Waals surface area contributed by atoms with Crippen LogP contribution in [0.15, 0.2) is 42.5 Å². The highest BCUT2D eigenvalue weighted by Gasteiger charge is 2.24. The number of nitrogens with zero attached hydrogens (tertiary/aromatic N) is 2. The topological polar surface area (TPSA) is 96.0 Å². The molecule has 0 radical (unpaired) electrons. The highest BCUT2D eigenvalue weighted by atomic mass is 35.5. The van der Waals surface area contributed by atoms with Crippen LogP contribution in [-0.4, -0.2) is 51.6 Å². The first-order valence-corrected chi connectivity index (χ1v) is 12.3. The summed E-state index contributed by atoms with van der Waals surface area (Å²) in [6.45, 7) is 1.19. The largest absolute Gasteiger partial charge is 0.495 e. The molecule has 1 saturated heterocycles. The van der Waals surface area contributed by atoms with Gasteiger partial charge in [0.05, 0.1) is 19.1 Å². The lowest BCUT2D eigenvalue weighted by molar-refractivity contribution is -0.128. The van der Waals surface area contributed by atoms with Crippen molar-refractivity contribution in [2.45, 2.75) is 25.9 Å². The number of likely N-dealkylation sites (tertiary alicyclic amines) is 1. The van der Waals surface area contributed by atoms with Crippen molar-refractivity contribution in [3.8, 4) is 5.75 Å². The van der Waals surface area contributed by atoms with Gasteiger partial charge in [-0.15, -0.1) is 0 Å². The molecule has 1 fully saturated rings. The summed E-state index contributed by atoms with van der Waals surface area (Å²) in [7, 11) is -2.35. The summed E-state index contributed by atoms with van der Waals surface area (Å²) in [6.07, 6.45) is 2.52. The lowest BCUT2D eigenvalue weighted by atomic mass is 10.1. The van der Waals surface area contributed by atoms with Crippen LogP contribution in [0.1, 0.15) is 24.0 Å². The van der Waals surface area contributed by atoms with E-state index in [9.17, 15) is 18.0 Å². The van der Waals surface area contributed by atoms with E-state index in [0.29, 0.717) is 23.7 Å². The number of hydrogen-bond donors (Lipinski definition) is 1. The molecule has 2 aromatic carbocycles. The molecular formula is C22H26ClN3O5S. The molecule has 3 rings (SSSR count).